The van der Waals surface area contributed by atoms with Crippen LogP contribution in [0.4, 0.5) is 0 Å². The van der Waals surface area contributed by atoms with Gasteiger partial charge in [-0.1, -0.05) is 42.5 Å². The van der Waals surface area contributed by atoms with Crippen molar-refractivity contribution < 1.29 is 9.47 Å². The topological polar surface area (TPSA) is 70.9 Å². The summed E-state index contributed by atoms with van der Waals surface area (Å²) in [5.74, 6) is 1.86. The molecule has 0 amide bonds. The SMILES string of the molecule is CCOc1cc(C=C(C#N)c2nc3ccccc3[nH]2)ccc1OCc1ccccc1C. The van der Waals surface area contributed by atoms with Crippen LogP contribution in [0.25, 0.3) is 22.7 Å². The Bertz CT molecular complexity index is 1250. The molecule has 0 unspecified atom stereocenters. The number of para-hydroxylation sites is 2. The van der Waals surface area contributed by atoms with Gasteiger partial charge in [0.15, 0.2) is 11.5 Å². The second kappa shape index (κ2) is 9.19. The number of aromatic amines is 1. The lowest BCUT2D eigenvalue weighted by Gasteiger charge is -2.13. The van der Waals surface area contributed by atoms with Crippen molar-refractivity contribution in [3.63, 3.8) is 0 Å². The summed E-state index contributed by atoms with van der Waals surface area (Å²) in [6.45, 7) is 4.98. The maximum Gasteiger partial charge on any atom is 0.161 e. The third kappa shape index (κ3) is 4.59. The van der Waals surface area contributed by atoms with Crippen LogP contribution in [0.15, 0.2) is 66.7 Å². The van der Waals surface area contributed by atoms with Gasteiger partial charge in [-0.05, 0) is 60.9 Å². The number of aromatic nitrogens is 2. The molecular weight excluding hydrogens is 386 g/mol. The number of H-pyrrole nitrogens is 1. The lowest BCUT2D eigenvalue weighted by atomic mass is 10.1. The molecule has 0 aliphatic rings. The number of ether oxygens (including phenoxy) is 2. The Morgan fingerprint density at radius 1 is 1.03 bits per heavy atom. The van der Waals surface area contributed by atoms with E-state index >= 15 is 0 Å². The summed E-state index contributed by atoms with van der Waals surface area (Å²) in [6.07, 6.45) is 1.80. The number of nitrogens with zero attached hydrogens (tertiary/aromatic N) is 2. The van der Waals surface area contributed by atoms with E-state index < -0.39 is 0 Å². The smallest absolute Gasteiger partial charge is 0.161 e. The molecule has 31 heavy (non-hydrogen) atoms. The fourth-order valence-electron chi connectivity index (χ4n) is 3.33. The van der Waals surface area contributed by atoms with Crippen LogP contribution in [-0.2, 0) is 6.61 Å². The van der Waals surface area contributed by atoms with E-state index in [1.54, 1.807) is 6.08 Å². The summed E-state index contributed by atoms with van der Waals surface area (Å²) >= 11 is 0. The van der Waals surface area contributed by atoms with Gasteiger partial charge in [0.25, 0.3) is 0 Å². The molecule has 154 valence electrons. The minimum absolute atomic E-state index is 0.451. The van der Waals surface area contributed by atoms with Crippen LogP contribution in [0.2, 0.25) is 0 Å². The highest BCUT2D eigenvalue weighted by molar-refractivity contribution is 5.90. The van der Waals surface area contributed by atoms with Crippen LogP contribution in [0.5, 0.6) is 11.5 Å². The van der Waals surface area contributed by atoms with Crippen molar-refractivity contribution in [3.05, 3.63) is 89.2 Å². The predicted octanol–water partition coefficient (Wildman–Crippen LogP) is 5.91. The van der Waals surface area contributed by atoms with Crippen LogP contribution >= 0.6 is 0 Å². The summed E-state index contributed by atoms with van der Waals surface area (Å²) in [6, 6.07) is 23.8. The molecule has 5 heteroatoms. The third-order valence-electron chi connectivity index (χ3n) is 4.99. The Kier molecular flexibility index (Phi) is 6.00. The third-order valence-corrected chi connectivity index (χ3v) is 4.99. The van der Waals surface area contributed by atoms with E-state index in [9.17, 15) is 5.26 Å². The zero-order valence-corrected chi connectivity index (χ0v) is 17.6. The van der Waals surface area contributed by atoms with Crippen LogP contribution in [0.3, 0.4) is 0 Å². The van der Waals surface area contributed by atoms with Gasteiger partial charge in [-0.3, -0.25) is 0 Å². The number of aryl methyl sites for hydroxylation is 1. The molecular formula is C26H23N3O2. The van der Waals surface area contributed by atoms with Crippen LogP contribution < -0.4 is 9.47 Å². The number of hydrogen-bond donors (Lipinski definition) is 1. The fraction of sp³-hybridized carbons (Fsp3) is 0.154. The summed E-state index contributed by atoms with van der Waals surface area (Å²) in [7, 11) is 0. The summed E-state index contributed by atoms with van der Waals surface area (Å²) < 4.78 is 11.8. The number of benzene rings is 3. The normalized spacial score (nSPS) is 11.3. The molecule has 4 rings (SSSR count). The number of nitrogens with one attached hydrogen (secondary N) is 1. The Hall–Kier alpha value is -4.04. The molecule has 0 fully saturated rings. The fourth-order valence-corrected chi connectivity index (χ4v) is 3.33. The Morgan fingerprint density at radius 3 is 2.61 bits per heavy atom. The first kappa shape index (κ1) is 20.2. The molecule has 0 radical (unpaired) electrons. The highest BCUT2D eigenvalue weighted by Gasteiger charge is 2.11. The van der Waals surface area contributed by atoms with Gasteiger partial charge in [0.2, 0.25) is 0 Å². The maximum atomic E-state index is 9.70. The Morgan fingerprint density at radius 2 is 1.84 bits per heavy atom. The highest BCUT2D eigenvalue weighted by atomic mass is 16.5. The van der Waals surface area contributed by atoms with Gasteiger partial charge >= 0.3 is 0 Å². The molecule has 4 aromatic rings. The lowest BCUT2D eigenvalue weighted by molar-refractivity contribution is 0.269. The number of hydrogen-bond acceptors (Lipinski definition) is 4. The lowest BCUT2D eigenvalue weighted by Crippen LogP contribution is -2.01. The zero-order valence-electron chi connectivity index (χ0n) is 17.6. The van der Waals surface area contributed by atoms with E-state index in [0.29, 0.717) is 36.1 Å². The maximum absolute atomic E-state index is 9.70. The van der Waals surface area contributed by atoms with Crippen molar-refractivity contribution in [3.8, 4) is 17.6 Å². The first-order valence-corrected chi connectivity index (χ1v) is 10.2. The number of nitriles is 1. The zero-order chi connectivity index (χ0) is 21.6. The van der Waals surface area contributed by atoms with Gasteiger partial charge in [0.1, 0.15) is 18.5 Å². The van der Waals surface area contributed by atoms with Crippen molar-refractivity contribution in [1.29, 1.82) is 5.26 Å². The molecule has 1 aromatic heterocycles. The van der Waals surface area contributed by atoms with E-state index in [1.807, 2.05) is 61.5 Å². The van der Waals surface area contributed by atoms with Gasteiger partial charge in [0, 0.05) is 0 Å². The van der Waals surface area contributed by atoms with E-state index in [0.717, 1.165) is 22.2 Å². The average Bonchev–Trinajstić information content (AvgIpc) is 3.22. The van der Waals surface area contributed by atoms with Gasteiger partial charge in [-0.25, -0.2) is 4.98 Å². The largest absolute Gasteiger partial charge is 0.490 e. The first-order valence-electron chi connectivity index (χ1n) is 10.2. The number of fused-ring (bicyclic) bond motifs is 1. The summed E-state index contributed by atoms with van der Waals surface area (Å²) in [5, 5.41) is 9.70. The van der Waals surface area contributed by atoms with Crippen molar-refractivity contribution in [2.24, 2.45) is 0 Å². The van der Waals surface area contributed by atoms with Crippen molar-refractivity contribution >= 4 is 22.7 Å². The second-order valence-corrected chi connectivity index (χ2v) is 7.13. The van der Waals surface area contributed by atoms with E-state index in [-0.39, 0.29) is 0 Å². The minimum atomic E-state index is 0.451. The van der Waals surface area contributed by atoms with Crippen molar-refractivity contribution in [1.82, 2.24) is 9.97 Å². The van der Waals surface area contributed by atoms with Crippen LogP contribution in [-0.4, -0.2) is 16.6 Å². The molecule has 0 spiro atoms. The molecule has 5 nitrogen and oxygen atoms in total. The number of allylic oxidation sites excluding steroid dienone is 1. The molecule has 3 aromatic carbocycles. The average molecular weight is 409 g/mol. The molecule has 0 saturated carbocycles. The molecule has 0 bridgehead atoms. The predicted molar refractivity (Wildman–Crippen MR) is 123 cm³/mol. The van der Waals surface area contributed by atoms with Gasteiger partial charge in [-0.15, -0.1) is 0 Å². The standard InChI is InChI=1S/C26H23N3O2/c1-3-30-25-15-19(12-13-24(25)31-17-20-9-5-4-8-18(20)2)14-21(16-27)26-28-22-10-6-7-11-23(22)29-26/h4-15H,3,17H2,1-2H3,(H,28,29). The monoisotopic (exact) mass is 409 g/mol. The molecule has 1 heterocycles. The Labute approximate surface area is 181 Å². The number of rotatable bonds is 7. The van der Waals surface area contributed by atoms with E-state index in [4.69, 9.17) is 9.47 Å². The molecule has 1 N–H and O–H groups in total. The van der Waals surface area contributed by atoms with Gasteiger partial charge in [0.05, 0.1) is 23.2 Å². The van der Waals surface area contributed by atoms with Crippen molar-refractivity contribution in [2.45, 2.75) is 20.5 Å². The molecule has 0 atom stereocenters. The van der Waals surface area contributed by atoms with Gasteiger partial charge in [-0.2, -0.15) is 5.26 Å². The van der Waals surface area contributed by atoms with E-state index in [1.165, 1.54) is 5.56 Å². The van der Waals surface area contributed by atoms with Crippen LogP contribution in [0, 0.1) is 18.3 Å². The highest BCUT2D eigenvalue weighted by Crippen LogP contribution is 2.31. The van der Waals surface area contributed by atoms with Crippen LogP contribution in [0.1, 0.15) is 29.4 Å². The summed E-state index contributed by atoms with van der Waals surface area (Å²) in [4.78, 5) is 7.73. The number of imidazole rings is 1. The molecule has 0 aliphatic carbocycles. The Balaban J connectivity index is 1.61. The van der Waals surface area contributed by atoms with Gasteiger partial charge < -0.3 is 14.5 Å². The summed E-state index contributed by atoms with van der Waals surface area (Å²) in [5.41, 5.74) is 5.33. The first-order chi connectivity index (χ1) is 15.2. The quantitative estimate of drug-likeness (QED) is 0.385. The minimum Gasteiger partial charge on any atom is -0.490 e. The second-order valence-electron chi connectivity index (χ2n) is 7.13. The molecule has 0 saturated heterocycles. The van der Waals surface area contributed by atoms with Crippen molar-refractivity contribution in [2.75, 3.05) is 6.61 Å². The molecule has 0 aliphatic heterocycles. The van der Waals surface area contributed by atoms with E-state index in [2.05, 4.69) is 35.1 Å².